The molecule has 0 radical (unpaired) electrons. The number of carbonyl (C=O) groups excluding carboxylic acids is 1. The molecule has 0 aliphatic carbocycles. The molecule has 2 aromatic rings. The Morgan fingerprint density at radius 1 is 1.48 bits per heavy atom. The van der Waals surface area contributed by atoms with Gasteiger partial charge in [0.05, 0.1) is 0 Å². The molecule has 0 fully saturated rings. The molecule has 8 nitrogen and oxygen atoms in total. The van der Waals surface area contributed by atoms with Crippen molar-refractivity contribution in [1.82, 2.24) is 20.1 Å². The summed E-state index contributed by atoms with van der Waals surface area (Å²) in [4.78, 5) is 17.7. The minimum absolute atomic E-state index is 0.0286. The lowest BCUT2D eigenvalue weighted by molar-refractivity contribution is 0.101. The molecule has 0 spiro atoms. The smallest absolute Gasteiger partial charge is 0.293 e. The molecule has 1 amide bonds. The number of anilines is 2. The topological polar surface area (TPSA) is 109 Å². The van der Waals surface area contributed by atoms with Crippen LogP contribution in [0.3, 0.4) is 0 Å². The van der Waals surface area contributed by atoms with Gasteiger partial charge in [-0.05, 0) is 26.2 Å². The second-order valence-corrected chi connectivity index (χ2v) is 4.68. The molecule has 0 aliphatic heterocycles. The quantitative estimate of drug-likeness (QED) is 0.718. The van der Waals surface area contributed by atoms with Crippen LogP contribution in [-0.2, 0) is 0 Å². The molecule has 0 bridgehead atoms. The van der Waals surface area contributed by atoms with E-state index in [0.29, 0.717) is 18.0 Å². The third kappa shape index (κ3) is 4.46. The van der Waals surface area contributed by atoms with Crippen molar-refractivity contribution in [3.05, 3.63) is 30.1 Å². The van der Waals surface area contributed by atoms with Crippen LogP contribution < -0.4 is 15.8 Å². The number of aromatic amines is 1. The second-order valence-electron chi connectivity index (χ2n) is 4.68. The highest BCUT2D eigenvalue weighted by molar-refractivity contribution is 6.01. The molecule has 0 unspecified atom stereocenters. The molecule has 4 N–H and O–H groups in total. The number of likely N-dealkylation sites (N-methyl/N-ethyl adjacent to an activating group) is 1. The van der Waals surface area contributed by atoms with Crippen LogP contribution in [0.1, 0.15) is 10.6 Å². The Hall–Kier alpha value is -2.61. The van der Waals surface area contributed by atoms with Crippen molar-refractivity contribution in [1.29, 1.82) is 0 Å². The van der Waals surface area contributed by atoms with Crippen molar-refractivity contribution >= 4 is 17.5 Å². The van der Waals surface area contributed by atoms with Gasteiger partial charge in [0.25, 0.3) is 5.91 Å². The van der Waals surface area contributed by atoms with E-state index < -0.39 is 5.91 Å². The minimum Gasteiger partial charge on any atom is -0.492 e. The van der Waals surface area contributed by atoms with Crippen LogP contribution in [0.5, 0.6) is 5.75 Å². The van der Waals surface area contributed by atoms with E-state index in [2.05, 4.69) is 20.5 Å². The molecule has 2 rings (SSSR count). The van der Waals surface area contributed by atoms with Gasteiger partial charge in [0.15, 0.2) is 0 Å². The van der Waals surface area contributed by atoms with Crippen LogP contribution >= 0.6 is 0 Å². The van der Waals surface area contributed by atoms with Crippen molar-refractivity contribution < 1.29 is 9.53 Å². The van der Waals surface area contributed by atoms with Gasteiger partial charge >= 0.3 is 0 Å². The number of nitrogen functional groups attached to an aromatic ring is 1. The molecule has 112 valence electrons. The fourth-order valence-corrected chi connectivity index (χ4v) is 1.58. The molecule has 1 heterocycles. The third-order valence-electron chi connectivity index (χ3n) is 2.62. The van der Waals surface area contributed by atoms with Gasteiger partial charge in [-0.25, -0.2) is 0 Å². The average molecular weight is 290 g/mol. The van der Waals surface area contributed by atoms with Crippen LogP contribution in [0, 0.1) is 0 Å². The maximum absolute atomic E-state index is 11.9. The number of nitrogens with one attached hydrogen (secondary N) is 2. The van der Waals surface area contributed by atoms with Crippen molar-refractivity contribution in [2.75, 3.05) is 38.3 Å². The number of rotatable bonds is 6. The van der Waals surface area contributed by atoms with Crippen LogP contribution in [0.25, 0.3) is 0 Å². The molecule has 8 heteroatoms. The second kappa shape index (κ2) is 6.71. The van der Waals surface area contributed by atoms with E-state index in [1.807, 2.05) is 25.1 Å². The number of hydrogen-bond donors (Lipinski definition) is 3. The van der Waals surface area contributed by atoms with E-state index in [0.717, 1.165) is 6.54 Å². The summed E-state index contributed by atoms with van der Waals surface area (Å²) in [5.74, 6) is 0.365. The summed E-state index contributed by atoms with van der Waals surface area (Å²) < 4.78 is 5.60. The number of aromatic nitrogens is 3. The van der Waals surface area contributed by atoms with Gasteiger partial charge in [0.1, 0.15) is 12.4 Å². The van der Waals surface area contributed by atoms with Crippen molar-refractivity contribution in [3.63, 3.8) is 0 Å². The van der Waals surface area contributed by atoms with E-state index in [1.165, 1.54) is 0 Å². The van der Waals surface area contributed by atoms with Crippen LogP contribution in [-0.4, -0.2) is 53.2 Å². The lowest BCUT2D eigenvalue weighted by Crippen LogP contribution is -2.19. The summed E-state index contributed by atoms with van der Waals surface area (Å²) in [6.45, 7) is 1.39. The highest BCUT2D eigenvalue weighted by atomic mass is 16.5. The number of benzene rings is 1. The predicted octanol–water partition coefficient (Wildman–Crippen LogP) is 0.580. The fourth-order valence-electron chi connectivity index (χ4n) is 1.58. The van der Waals surface area contributed by atoms with E-state index in [1.54, 1.807) is 18.2 Å². The van der Waals surface area contributed by atoms with E-state index in [9.17, 15) is 4.79 Å². The molecule has 0 saturated heterocycles. The maximum Gasteiger partial charge on any atom is 0.293 e. The van der Waals surface area contributed by atoms with Gasteiger partial charge in [0, 0.05) is 18.3 Å². The summed E-state index contributed by atoms with van der Waals surface area (Å²) in [6.07, 6.45) is 0. The molecule has 1 aromatic heterocycles. The summed E-state index contributed by atoms with van der Waals surface area (Å²) in [6, 6.07) is 7.14. The first kappa shape index (κ1) is 14.8. The lowest BCUT2D eigenvalue weighted by atomic mass is 10.3. The van der Waals surface area contributed by atoms with Gasteiger partial charge < -0.3 is 20.7 Å². The third-order valence-corrected chi connectivity index (χ3v) is 2.62. The number of nitrogens with two attached hydrogens (primary N) is 1. The van der Waals surface area contributed by atoms with Gasteiger partial charge in [-0.1, -0.05) is 6.07 Å². The zero-order chi connectivity index (χ0) is 15.2. The lowest BCUT2D eigenvalue weighted by Gasteiger charge is -2.11. The fraction of sp³-hybridized carbons (Fsp3) is 0.308. The maximum atomic E-state index is 11.9. The minimum atomic E-state index is -0.412. The largest absolute Gasteiger partial charge is 0.492 e. The van der Waals surface area contributed by atoms with E-state index in [4.69, 9.17) is 10.5 Å². The Morgan fingerprint density at radius 3 is 2.95 bits per heavy atom. The summed E-state index contributed by atoms with van der Waals surface area (Å²) in [5, 5.41) is 8.75. The Labute approximate surface area is 122 Å². The molecular weight excluding hydrogens is 272 g/mol. The first-order valence-corrected chi connectivity index (χ1v) is 6.41. The monoisotopic (exact) mass is 290 g/mol. The number of carbonyl (C=O) groups is 1. The Bertz CT molecular complexity index is 610. The molecule has 1 aromatic carbocycles. The number of H-pyrrole nitrogens is 1. The van der Waals surface area contributed by atoms with Crippen molar-refractivity contribution in [3.8, 4) is 5.75 Å². The highest BCUT2D eigenvalue weighted by Crippen LogP contribution is 2.17. The molecule has 0 saturated carbocycles. The summed E-state index contributed by atoms with van der Waals surface area (Å²) in [5.41, 5.74) is 5.96. The summed E-state index contributed by atoms with van der Waals surface area (Å²) in [7, 11) is 3.95. The molecule has 0 aliphatic rings. The van der Waals surface area contributed by atoms with Gasteiger partial charge in [-0.2, -0.15) is 4.98 Å². The van der Waals surface area contributed by atoms with Crippen LogP contribution in [0.4, 0.5) is 11.6 Å². The molecule has 0 atom stereocenters. The summed E-state index contributed by atoms with van der Waals surface area (Å²) >= 11 is 0. The molecular formula is C13H18N6O2. The van der Waals surface area contributed by atoms with E-state index in [-0.39, 0.29) is 11.8 Å². The Balaban J connectivity index is 1.96. The number of nitrogens with zero attached hydrogens (tertiary/aromatic N) is 3. The average Bonchev–Trinajstić information content (AvgIpc) is 2.85. The first-order valence-electron chi connectivity index (χ1n) is 6.41. The molecule has 21 heavy (non-hydrogen) atoms. The zero-order valence-corrected chi connectivity index (χ0v) is 12.0. The zero-order valence-electron chi connectivity index (χ0n) is 12.0. The normalized spacial score (nSPS) is 10.6. The van der Waals surface area contributed by atoms with Crippen LogP contribution in [0.2, 0.25) is 0 Å². The first-order chi connectivity index (χ1) is 10.0. The standard InChI is InChI=1S/C13H18N6O2/c1-19(2)6-7-21-10-5-3-4-9(8-10)15-12(20)11-16-13(14)18-17-11/h3-5,8H,6-7H2,1-2H3,(H,15,20)(H3,14,16,17,18). The van der Waals surface area contributed by atoms with Gasteiger partial charge in [0.2, 0.25) is 11.8 Å². The number of amides is 1. The van der Waals surface area contributed by atoms with Crippen molar-refractivity contribution in [2.24, 2.45) is 0 Å². The number of ether oxygens (including phenoxy) is 1. The highest BCUT2D eigenvalue weighted by Gasteiger charge is 2.11. The van der Waals surface area contributed by atoms with Gasteiger partial charge in [-0.3, -0.25) is 9.89 Å². The van der Waals surface area contributed by atoms with Crippen LogP contribution in [0.15, 0.2) is 24.3 Å². The van der Waals surface area contributed by atoms with E-state index >= 15 is 0 Å². The Morgan fingerprint density at radius 2 is 2.29 bits per heavy atom. The van der Waals surface area contributed by atoms with Gasteiger partial charge in [-0.15, -0.1) is 5.10 Å². The number of hydrogen-bond acceptors (Lipinski definition) is 6. The van der Waals surface area contributed by atoms with Crippen molar-refractivity contribution in [2.45, 2.75) is 0 Å². The predicted molar refractivity (Wildman–Crippen MR) is 79.2 cm³/mol. The SMILES string of the molecule is CN(C)CCOc1cccc(NC(=O)c2nc(N)n[nH]2)c1. The Kier molecular flexibility index (Phi) is 4.72.